The number of ether oxygens (including phenoxy) is 1. The summed E-state index contributed by atoms with van der Waals surface area (Å²) in [6.07, 6.45) is 4.98. The molecule has 0 amide bonds. The molecule has 3 nitrogen and oxygen atoms in total. The minimum absolute atomic E-state index is 0.125. The molecule has 1 saturated heterocycles. The zero-order valence-corrected chi connectivity index (χ0v) is 16.6. The third-order valence-electron chi connectivity index (χ3n) is 5.54. The predicted molar refractivity (Wildman–Crippen MR) is 111 cm³/mol. The van der Waals surface area contributed by atoms with Crippen molar-refractivity contribution in [3.8, 4) is 11.1 Å². The van der Waals surface area contributed by atoms with Crippen LogP contribution in [0.4, 0.5) is 0 Å². The minimum atomic E-state index is -0.125. The lowest BCUT2D eigenvalue weighted by atomic mass is 10.0. The molecule has 1 aliphatic heterocycles. The number of rotatable bonds is 8. The average Bonchev–Trinajstić information content (AvgIpc) is 3.11. The number of carbonyl (C=O) groups is 1. The fourth-order valence-electron chi connectivity index (χ4n) is 3.80. The van der Waals surface area contributed by atoms with Gasteiger partial charge in [-0.15, -0.1) is 0 Å². The highest BCUT2D eigenvalue weighted by atomic mass is 16.5. The maximum Gasteiger partial charge on any atom is 0.306 e. The number of esters is 1. The van der Waals surface area contributed by atoms with Gasteiger partial charge in [-0.1, -0.05) is 48.5 Å². The fraction of sp³-hybridized carbons (Fsp3) is 0.458. The van der Waals surface area contributed by atoms with Gasteiger partial charge < -0.3 is 9.64 Å². The van der Waals surface area contributed by atoms with Gasteiger partial charge in [0.25, 0.3) is 0 Å². The molecule has 1 heterocycles. The van der Waals surface area contributed by atoms with Gasteiger partial charge in [0.2, 0.25) is 0 Å². The Morgan fingerprint density at radius 2 is 1.59 bits per heavy atom. The van der Waals surface area contributed by atoms with Crippen LogP contribution in [-0.2, 0) is 22.4 Å². The normalized spacial score (nSPS) is 17.2. The van der Waals surface area contributed by atoms with Crippen LogP contribution in [0.2, 0.25) is 0 Å². The van der Waals surface area contributed by atoms with Crippen molar-refractivity contribution in [2.75, 3.05) is 19.7 Å². The van der Waals surface area contributed by atoms with E-state index in [0.29, 0.717) is 13.0 Å². The Kier molecular flexibility index (Phi) is 7.05. The average molecular weight is 366 g/mol. The van der Waals surface area contributed by atoms with Crippen molar-refractivity contribution in [2.24, 2.45) is 0 Å². The van der Waals surface area contributed by atoms with Gasteiger partial charge in [-0.25, -0.2) is 0 Å². The number of nitrogens with zero attached hydrogens (tertiary/aromatic N) is 1. The monoisotopic (exact) mass is 365 g/mol. The van der Waals surface area contributed by atoms with Crippen molar-refractivity contribution in [3.63, 3.8) is 0 Å². The van der Waals surface area contributed by atoms with E-state index in [4.69, 9.17) is 4.74 Å². The van der Waals surface area contributed by atoms with Gasteiger partial charge >= 0.3 is 5.97 Å². The molecule has 0 radical (unpaired) electrons. The molecule has 0 aromatic heterocycles. The van der Waals surface area contributed by atoms with Gasteiger partial charge in [-0.2, -0.15) is 0 Å². The zero-order chi connectivity index (χ0) is 19.1. The topological polar surface area (TPSA) is 29.5 Å². The van der Waals surface area contributed by atoms with Crippen LogP contribution in [0.3, 0.4) is 0 Å². The molecular formula is C24H31NO2. The molecule has 2 aromatic rings. The number of aryl methyl sites for hydroxylation is 1. The summed E-state index contributed by atoms with van der Waals surface area (Å²) in [5.74, 6) is -0.125. The predicted octanol–water partition coefficient (Wildman–Crippen LogP) is 4.88. The van der Waals surface area contributed by atoms with Gasteiger partial charge in [0, 0.05) is 19.0 Å². The number of hydrogen-bond acceptors (Lipinski definition) is 3. The first-order valence-corrected chi connectivity index (χ1v) is 10.2. The van der Waals surface area contributed by atoms with E-state index in [1.165, 1.54) is 41.6 Å². The van der Waals surface area contributed by atoms with Crippen molar-refractivity contribution in [3.05, 3.63) is 59.7 Å². The molecule has 0 bridgehead atoms. The van der Waals surface area contributed by atoms with E-state index in [0.717, 1.165) is 25.4 Å². The SMILES string of the molecule is CCOC(=O)CCc1ccc(-c2ccc(CCN3CCCC3C)cc2)cc1. The van der Waals surface area contributed by atoms with Gasteiger partial charge in [0.1, 0.15) is 0 Å². The molecule has 1 fully saturated rings. The lowest BCUT2D eigenvalue weighted by Crippen LogP contribution is -2.28. The standard InChI is InChI=1S/C24H31NO2/c1-3-27-24(26)15-10-20-6-11-22(12-7-20)23-13-8-21(9-14-23)16-18-25-17-4-5-19(25)2/h6-9,11-14,19H,3-5,10,15-18H2,1-2H3. The molecule has 0 N–H and O–H groups in total. The number of benzene rings is 2. The van der Waals surface area contributed by atoms with Gasteiger partial charge in [0.15, 0.2) is 0 Å². The van der Waals surface area contributed by atoms with Crippen LogP contribution in [0, 0.1) is 0 Å². The second kappa shape index (κ2) is 9.70. The Morgan fingerprint density at radius 1 is 1.00 bits per heavy atom. The second-order valence-corrected chi connectivity index (χ2v) is 7.48. The molecule has 0 saturated carbocycles. The second-order valence-electron chi connectivity index (χ2n) is 7.48. The molecule has 1 atom stereocenters. The summed E-state index contributed by atoms with van der Waals surface area (Å²) in [5.41, 5.74) is 5.03. The summed E-state index contributed by atoms with van der Waals surface area (Å²) in [6.45, 7) is 7.04. The Balaban J connectivity index is 1.52. The highest BCUT2D eigenvalue weighted by Gasteiger charge is 2.19. The molecule has 3 rings (SSSR count). The first kappa shape index (κ1) is 19.6. The summed E-state index contributed by atoms with van der Waals surface area (Å²) in [7, 11) is 0. The molecule has 1 aliphatic rings. The van der Waals surface area contributed by atoms with Crippen molar-refractivity contribution >= 4 is 5.97 Å². The number of hydrogen-bond donors (Lipinski definition) is 0. The van der Waals surface area contributed by atoms with E-state index in [2.05, 4.69) is 60.4 Å². The lowest BCUT2D eigenvalue weighted by molar-refractivity contribution is -0.143. The molecule has 0 aliphatic carbocycles. The quantitative estimate of drug-likeness (QED) is 0.625. The van der Waals surface area contributed by atoms with Crippen LogP contribution in [0.5, 0.6) is 0 Å². The first-order chi connectivity index (χ1) is 13.2. The van der Waals surface area contributed by atoms with Crippen molar-refractivity contribution in [1.82, 2.24) is 4.90 Å². The molecule has 27 heavy (non-hydrogen) atoms. The summed E-state index contributed by atoms with van der Waals surface area (Å²) in [6, 6.07) is 18.2. The van der Waals surface area contributed by atoms with Crippen molar-refractivity contribution in [2.45, 2.75) is 52.0 Å². The maximum absolute atomic E-state index is 11.5. The summed E-state index contributed by atoms with van der Waals surface area (Å²) in [5, 5.41) is 0. The minimum Gasteiger partial charge on any atom is -0.466 e. The van der Waals surface area contributed by atoms with Gasteiger partial charge in [-0.05, 0) is 68.3 Å². The van der Waals surface area contributed by atoms with Gasteiger partial charge in [-0.3, -0.25) is 4.79 Å². The Morgan fingerprint density at radius 3 is 2.11 bits per heavy atom. The van der Waals surface area contributed by atoms with Crippen LogP contribution < -0.4 is 0 Å². The first-order valence-electron chi connectivity index (χ1n) is 10.2. The smallest absolute Gasteiger partial charge is 0.306 e. The summed E-state index contributed by atoms with van der Waals surface area (Å²) >= 11 is 0. The molecule has 2 aromatic carbocycles. The van der Waals surface area contributed by atoms with E-state index in [1.807, 2.05) is 6.92 Å². The third-order valence-corrected chi connectivity index (χ3v) is 5.54. The van der Waals surface area contributed by atoms with E-state index >= 15 is 0 Å². The van der Waals surface area contributed by atoms with E-state index in [9.17, 15) is 4.79 Å². The summed E-state index contributed by atoms with van der Waals surface area (Å²) in [4.78, 5) is 14.1. The maximum atomic E-state index is 11.5. The largest absolute Gasteiger partial charge is 0.466 e. The Hall–Kier alpha value is -2.13. The zero-order valence-electron chi connectivity index (χ0n) is 16.6. The number of likely N-dealkylation sites (tertiary alicyclic amines) is 1. The molecular weight excluding hydrogens is 334 g/mol. The number of carbonyl (C=O) groups excluding carboxylic acids is 1. The van der Waals surface area contributed by atoms with E-state index in [1.54, 1.807) is 0 Å². The molecule has 0 spiro atoms. The Bertz CT molecular complexity index is 721. The van der Waals surface area contributed by atoms with Crippen LogP contribution in [-0.4, -0.2) is 36.6 Å². The van der Waals surface area contributed by atoms with Gasteiger partial charge in [0.05, 0.1) is 6.61 Å². The van der Waals surface area contributed by atoms with E-state index in [-0.39, 0.29) is 5.97 Å². The fourth-order valence-corrected chi connectivity index (χ4v) is 3.80. The van der Waals surface area contributed by atoms with E-state index < -0.39 is 0 Å². The van der Waals surface area contributed by atoms with Crippen molar-refractivity contribution in [1.29, 1.82) is 0 Å². The lowest BCUT2D eigenvalue weighted by Gasteiger charge is -2.20. The molecule has 1 unspecified atom stereocenters. The van der Waals surface area contributed by atoms with Crippen LogP contribution in [0.15, 0.2) is 48.5 Å². The Labute approximate surface area is 163 Å². The van der Waals surface area contributed by atoms with Crippen molar-refractivity contribution < 1.29 is 9.53 Å². The molecule has 3 heteroatoms. The molecule has 144 valence electrons. The van der Waals surface area contributed by atoms with Crippen LogP contribution in [0.1, 0.15) is 44.2 Å². The highest BCUT2D eigenvalue weighted by Crippen LogP contribution is 2.22. The highest BCUT2D eigenvalue weighted by molar-refractivity contribution is 5.70. The summed E-state index contributed by atoms with van der Waals surface area (Å²) < 4.78 is 4.98. The third kappa shape index (κ3) is 5.67. The van der Waals surface area contributed by atoms with Crippen LogP contribution in [0.25, 0.3) is 11.1 Å². The van der Waals surface area contributed by atoms with Crippen LogP contribution >= 0.6 is 0 Å².